The van der Waals surface area contributed by atoms with Crippen molar-refractivity contribution in [3.63, 3.8) is 0 Å². The summed E-state index contributed by atoms with van der Waals surface area (Å²) in [6.45, 7) is 30.3. The van der Waals surface area contributed by atoms with E-state index in [2.05, 4.69) is 69.2 Å². The van der Waals surface area contributed by atoms with Crippen LogP contribution in [0.3, 0.4) is 0 Å². The zero-order valence-corrected chi connectivity index (χ0v) is 79.3. The zero-order valence-electron chi connectivity index (χ0n) is 79.3. The first-order valence-electron chi connectivity index (χ1n) is 49.9. The van der Waals surface area contributed by atoms with E-state index >= 15 is 0 Å². The number of aliphatic hydroxyl groups excluding tert-OH is 8. The molecular formula is C104H202O13. The number of hydrogen-bond acceptors (Lipinski definition) is 13. The highest BCUT2D eigenvalue weighted by Crippen LogP contribution is 2.59. The predicted molar refractivity (Wildman–Crippen MR) is 503 cm³/mol. The maximum atomic E-state index is 9.99. The molecule has 13 heteroatoms. The summed E-state index contributed by atoms with van der Waals surface area (Å²) in [4.78, 5) is 0. The largest absolute Gasteiger partial charge is 0.400 e. The van der Waals surface area contributed by atoms with E-state index in [1.807, 2.05) is 60.7 Å². The fraction of sp³-hybridized carbons (Fsp3) is 0.885. The van der Waals surface area contributed by atoms with Gasteiger partial charge in [0.2, 0.25) is 0 Å². The lowest BCUT2D eigenvalue weighted by Crippen LogP contribution is -2.47. The van der Waals surface area contributed by atoms with E-state index in [0.717, 1.165) is 81.7 Å². The molecule has 6 rings (SSSR count). The minimum atomic E-state index is -0.516. The van der Waals surface area contributed by atoms with Crippen LogP contribution in [0.1, 0.15) is 446 Å². The van der Waals surface area contributed by atoms with Crippen LogP contribution >= 0.6 is 0 Å². The molecule has 4 aliphatic carbocycles. The molecule has 117 heavy (non-hydrogen) atoms. The monoisotopic (exact) mass is 1660 g/mol. The van der Waals surface area contributed by atoms with Crippen molar-refractivity contribution in [3.05, 3.63) is 71.8 Å². The standard InChI is InChI=1S/2C20H42O2.C18H38O2.C13H12O.C12H26O3.C11H18O.C9H20O.CH4O/c1-3-5-7-9-10-12-14-16-20(19-22-18-17-21)15-13-11-8-6-4-2;1-2-3-4-5-6-7-8-9-10-11-12-13-14-15-16-17-19-22-20-18-21;1-2-3-4-5-6-7-8-9-10-11-12-13-14-15-17-20-18-16-19;14-13(11-7-3-1-4-8-11)12-9-5-2-6-10-12;1-3-5-6-12(4-2)11-15-10-9-14-8-7-13;12-7-11-4-8-1-9(5-11)3-10(2-8)6-11;1-8(5-6-10)7-9(2,3)4;1-2/h20-21H,3-19H2,1-2H3;21H,2-20H2,1H3;19H,2-18H2,1H3;1-10,13-14H;12-13H,3-11H2,1-2H3;8-10,12H,1-7H2;8,10H,5-7H2,1-4H3;2H,1H3. The molecule has 0 radical (unpaired) electrons. The van der Waals surface area contributed by atoms with Gasteiger partial charge < -0.3 is 64.5 Å². The Kier molecular flexibility index (Phi) is 96.3. The number of rotatable bonds is 71. The molecule has 696 valence electrons. The van der Waals surface area contributed by atoms with Crippen LogP contribution in [0.15, 0.2) is 60.7 Å². The van der Waals surface area contributed by atoms with Gasteiger partial charge in [0.15, 0.2) is 0 Å². The van der Waals surface area contributed by atoms with Crippen LogP contribution in [0.2, 0.25) is 0 Å². The first kappa shape index (κ1) is 119. The van der Waals surface area contributed by atoms with Crippen LogP contribution in [0.25, 0.3) is 0 Å². The Morgan fingerprint density at radius 3 is 0.897 bits per heavy atom. The van der Waals surface area contributed by atoms with E-state index in [9.17, 15) is 10.2 Å². The molecule has 2 aromatic carbocycles. The van der Waals surface area contributed by atoms with Gasteiger partial charge in [-0.2, -0.15) is 0 Å². The third-order valence-corrected chi connectivity index (χ3v) is 23.6. The molecular weight excluding hydrogens is 1460 g/mol. The normalized spacial score (nSPS) is 16.4. The van der Waals surface area contributed by atoms with Crippen molar-refractivity contribution in [1.29, 1.82) is 0 Å². The second-order valence-electron chi connectivity index (χ2n) is 36.4. The summed E-state index contributed by atoms with van der Waals surface area (Å²) in [6.07, 6.45) is 76.1. The van der Waals surface area contributed by atoms with Crippen LogP contribution in [0.5, 0.6) is 0 Å². The molecule has 4 bridgehead atoms. The molecule has 0 spiro atoms. The maximum absolute atomic E-state index is 9.99. The first-order valence-corrected chi connectivity index (χ1v) is 49.9. The minimum absolute atomic E-state index is 0.0914. The van der Waals surface area contributed by atoms with Crippen molar-refractivity contribution in [2.24, 2.45) is 46.3 Å². The molecule has 13 nitrogen and oxygen atoms in total. The lowest BCUT2D eigenvalue weighted by Gasteiger charge is -2.56. The quantitative estimate of drug-likeness (QED) is 0.0291. The molecule has 8 N–H and O–H groups in total. The molecule has 4 aliphatic rings. The van der Waals surface area contributed by atoms with Gasteiger partial charge >= 0.3 is 0 Å². The van der Waals surface area contributed by atoms with Crippen molar-refractivity contribution in [3.8, 4) is 0 Å². The Morgan fingerprint density at radius 1 is 0.325 bits per heavy atom. The SMILES string of the molecule is CC(CCO)CC(C)(C)C.CCCCC(CC)COCCOCCO.CCCCCCCCCC(CCCCCCC)COCCO.CCCCCCCCCCCCCCCCCCOCCO.CCCCCCCCCCCCCCCCOCCO.CO.OC(c1ccccc1)c1ccccc1.OCC12CC3CC(CC(C3)C1)C2. The summed E-state index contributed by atoms with van der Waals surface area (Å²) in [5, 5.41) is 69.5. The molecule has 0 saturated heterocycles. The Bertz CT molecular complexity index is 2000. The van der Waals surface area contributed by atoms with Crippen molar-refractivity contribution < 1.29 is 64.5 Å². The number of ether oxygens (including phenoxy) is 5. The number of aliphatic hydroxyl groups is 8. The van der Waals surface area contributed by atoms with Gasteiger partial charge in [0.25, 0.3) is 0 Å². The van der Waals surface area contributed by atoms with Crippen LogP contribution in [0, 0.1) is 46.3 Å². The smallest absolute Gasteiger partial charge is 0.104 e. The van der Waals surface area contributed by atoms with Crippen molar-refractivity contribution >= 4 is 0 Å². The Balaban J connectivity index is -0.00000131. The molecule has 4 saturated carbocycles. The predicted octanol–water partition coefficient (Wildman–Crippen LogP) is 27.1. The second-order valence-corrected chi connectivity index (χ2v) is 36.4. The molecule has 0 aliphatic heterocycles. The van der Waals surface area contributed by atoms with Gasteiger partial charge in [-0.15, -0.1) is 0 Å². The second kappa shape index (κ2) is 94.6. The highest BCUT2D eigenvalue weighted by molar-refractivity contribution is 5.29. The highest BCUT2D eigenvalue weighted by Gasteiger charge is 2.50. The van der Waals surface area contributed by atoms with Crippen molar-refractivity contribution in [2.75, 3.05) is 113 Å². The molecule has 4 fully saturated rings. The van der Waals surface area contributed by atoms with E-state index < -0.39 is 6.10 Å². The van der Waals surface area contributed by atoms with Crippen LogP contribution in [-0.2, 0) is 23.7 Å². The number of hydrogen-bond donors (Lipinski definition) is 8. The first-order chi connectivity index (χ1) is 57.1. The Hall–Kier alpha value is -2.08. The average molecular weight is 1660 g/mol. The summed E-state index contributed by atoms with van der Waals surface area (Å²) < 4.78 is 26.7. The topological polar surface area (TPSA) is 208 Å². The third-order valence-electron chi connectivity index (χ3n) is 23.6. The summed E-state index contributed by atoms with van der Waals surface area (Å²) in [7, 11) is 1.00. The van der Waals surface area contributed by atoms with E-state index in [4.69, 9.17) is 54.3 Å². The van der Waals surface area contributed by atoms with E-state index in [1.54, 1.807) is 0 Å². The lowest BCUT2D eigenvalue weighted by molar-refractivity contribution is -0.0798. The van der Waals surface area contributed by atoms with Crippen molar-refractivity contribution in [2.45, 2.75) is 435 Å². The lowest BCUT2D eigenvalue weighted by atomic mass is 9.50. The number of unbranched alkanes of at least 4 members (excludes halogenated alkanes) is 39. The van der Waals surface area contributed by atoms with Gasteiger partial charge in [-0.05, 0) is 141 Å². The Labute approximate surface area is 726 Å². The maximum Gasteiger partial charge on any atom is 0.104 e. The summed E-state index contributed by atoms with van der Waals surface area (Å²) in [5.74, 6) is 5.03. The van der Waals surface area contributed by atoms with Crippen LogP contribution < -0.4 is 0 Å². The molecule has 0 aromatic heterocycles. The van der Waals surface area contributed by atoms with Crippen LogP contribution in [-0.4, -0.2) is 154 Å². The molecule has 3 unspecified atom stereocenters. The van der Waals surface area contributed by atoms with E-state index in [0.29, 0.717) is 81.4 Å². The number of benzene rings is 2. The van der Waals surface area contributed by atoms with Gasteiger partial charge in [0, 0.05) is 46.8 Å². The van der Waals surface area contributed by atoms with Gasteiger partial charge in [-0.25, -0.2) is 0 Å². The summed E-state index contributed by atoms with van der Waals surface area (Å²) in [6, 6.07) is 19.3. The van der Waals surface area contributed by atoms with E-state index in [-0.39, 0.29) is 26.4 Å². The summed E-state index contributed by atoms with van der Waals surface area (Å²) >= 11 is 0. The van der Waals surface area contributed by atoms with Gasteiger partial charge in [0.1, 0.15) is 6.10 Å². The van der Waals surface area contributed by atoms with Gasteiger partial charge in [-0.1, -0.05) is 406 Å². The van der Waals surface area contributed by atoms with E-state index in [1.165, 1.54) is 340 Å². The minimum Gasteiger partial charge on any atom is -0.400 e. The highest BCUT2D eigenvalue weighted by atomic mass is 16.5. The third kappa shape index (κ3) is 83.3. The van der Waals surface area contributed by atoms with Crippen molar-refractivity contribution in [1.82, 2.24) is 0 Å². The summed E-state index contributed by atoms with van der Waals surface area (Å²) in [5.41, 5.74) is 2.67. The fourth-order valence-electron chi connectivity index (χ4n) is 17.3. The van der Waals surface area contributed by atoms with Crippen LogP contribution in [0.4, 0.5) is 0 Å². The zero-order chi connectivity index (χ0) is 86.7. The molecule has 0 amide bonds. The molecule has 0 heterocycles. The fourth-order valence-corrected chi connectivity index (χ4v) is 17.3. The van der Waals surface area contributed by atoms with Gasteiger partial charge in [-0.3, -0.25) is 0 Å². The molecule has 3 atom stereocenters. The molecule has 2 aromatic rings. The Morgan fingerprint density at radius 2 is 0.598 bits per heavy atom. The van der Waals surface area contributed by atoms with Gasteiger partial charge in [0.05, 0.1) is 66.1 Å². The average Bonchev–Trinajstić information content (AvgIpc) is 0.755.